The molecule has 0 aliphatic rings. The van der Waals surface area contributed by atoms with Gasteiger partial charge in [0.1, 0.15) is 5.60 Å². The van der Waals surface area contributed by atoms with E-state index in [2.05, 4.69) is 4.98 Å². The van der Waals surface area contributed by atoms with E-state index in [1.54, 1.807) is 39.8 Å². The zero-order chi connectivity index (χ0) is 15.2. The Morgan fingerprint density at radius 3 is 2.50 bits per heavy atom. The van der Waals surface area contributed by atoms with Crippen LogP contribution in [0.15, 0.2) is 24.4 Å². The number of pyridine rings is 1. The molecule has 0 saturated heterocycles. The second-order valence-electron chi connectivity index (χ2n) is 5.06. The zero-order valence-electron chi connectivity index (χ0n) is 12.2. The van der Waals surface area contributed by atoms with Crippen LogP contribution >= 0.6 is 0 Å². The Hall–Kier alpha value is -2.17. The largest absolute Gasteiger partial charge is 0.463 e. The molecule has 0 bridgehead atoms. The van der Waals surface area contributed by atoms with Gasteiger partial charge in [-0.05, 0) is 45.9 Å². The molecule has 1 aromatic rings. The maximum absolute atomic E-state index is 11.8. The maximum Gasteiger partial charge on any atom is 0.340 e. The van der Waals surface area contributed by atoms with Crippen molar-refractivity contribution in [1.82, 2.24) is 4.98 Å². The highest BCUT2D eigenvalue weighted by molar-refractivity contribution is 5.90. The summed E-state index contributed by atoms with van der Waals surface area (Å²) in [5, 5.41) is 0. The Kier molecular flexibility index (Phi) is 5.43. The number of rotatable bonds is 4. The molecular weight excluding hydrogens is 258 g/mol. The first-order valence-electron chi connectivity index (χ1n) is 6.36. The molecule has 0 aliphatic heterocycles. The quantitative estimate of drug-likeness (QED) is 0.625. The SMILES string of the molecule is CCOC(=O)C=Cc1ccc(C(=O)OC(C)(C)C)cn1. The molecule has 0 amide bonds. The molecule has 108 valence electrons. The lowest BCUT2D eigenvalue weighted by atomic mass is 10.2. The van der Waals surface area contributed by atoms with E-state index in [0.717, 1.165) is 0 Å². The monoisotopic (exact) mass is 277 g/mol. The van der Waals surface area contributed by atoms with Crippen LogP contribution in [0, 0.1) is 0 Å². The average molecular weight is 277 g/mol. The molecule has 0 aliphatic carbocycles. The van der Waals surface area contributed by atoms with Crippen molar-refractivity contribution in [2.45, 2.75) is 33.3 Å². The highest BCUT2D eigenvalue weighted by Crippen LogP contribution is 2.12. The summed E-state index contributed by atoms with van der Waals surface area (Å²) in [7, 11) is 0. The van der Waals surface area contributed by atoms with Gasteiger partial charge in [-0.25, -0.2) is 9.59 Å². The Morgan fingerprint density at radius 1 is 1.30 bits per heavy atom. The van der Waals surface area contributed by atoms with Crippen LogP contribution in [-0.4, -0.2) is 29.1 Å². The van der Waals surface area contributed by atoms with Gasteiger partial charge in [0, 0.05) is 12.3 Å². The van der Waals surface area contributed by atoms with Gasteiger partial charge in [-0.1, -0.05) is 0 Å². The second-order valence-corrected chi connectivity index (χ2v) is 5.06. The van der Waals surface area contributed by atoms with Crippen LogP contribution in [0.1, 0.15) is 43.7 Å². The highest BCUT2D eigenvalue weighted by Gasteiger charge is 2.17. The van der Waals surface area contributed by atoms with Gasteiger partial charge in [-0.2, -0.15) is 0 Å². The van der Waals surface area contributed by atoms with Gasteiger partial charge >= 0.3 is 11.9 Å². The van der Waals surface area contributed by atoms with E-state index >= 15 is 0 Å². The van der Waals surface area contributed by atoms with Gasteiger partial charge < -0.3 is 9.47 Å². The fraction of sp³-hybridized carbons (Fsp3) is 0.400. The molecule has 5 nitrogen and oxygen atoms in total. The third kappa shape index (κ3) is 5.65. The fourth-order valence-corrected chi connectivity index (χ4v) is 1.31. The standard InChI is InChI=1S/C15H19NO4/c1-5-19-13(17)9-8-12-7-6-11(10-16-12)14(18)20-15(2,3)4/h6-10H,5H2,1-4H3. The molecule has 0 saturated carbocycles. The van der Waals surface area contributed by atoms with Gasteiger partial charge in [0.2, 0.25) is 0 Å². The summed E-state index contributed by atoms with van der Waals surface area (Å²) in [6, 6.07) is 3.24. The summed E-state index contributed by atoms with van der Waals surface area (Å²) in [6.45, 7) is 7.46. The van der Waals surface area contributed by atoms with Crippen molar-refractivity contribution in [2.75, 3.05) is 6.61 Å². The minimum absolute atomic E-state index is 0.328. The van der Waals surface area contributed by atoms with Crippen LogP contribution in [0.25, 0.3) is 6.08 Å². The molecule has 0 radical (unpaired) electrons. The fourth-order valence-electron chi connectivity index (χ4n) is 1.31. The number of esters is 2. The van der Waals surface area contributed by atoms with Crippen LogP contribution in [0.5, 0.6) is 0 Å². The van der Waals surface area contributed by atoms with Gasteiger partial charge in [0.25, 0.3) is 0 Å². The van der Waals surface area contributed by atoms with Crippen LogP contribution in [0.3, 0.4) is 0 Å². The molecule has 0 spiro atoms. The number of hydrogen-bond donors (Lipinski definition) is 0. The number of carbonyl (C=O) groups is 2. The van der Waals surface area contributed by atoms with E-state index in [4.69, 9.17) is 9.47 Å². The van der Waals surface area contributed by atoms with Gasteiger partial charge in [0.15, 0.2) is 0 Å². The van der Waals surface area contributed by atoms with Crippen LogP contribution < -0.4 is 0 Å². The normalized spacial score (nSPS) is 11.4. The van der Waals surface area contributed by atoms with Crippen LogP contribution in [-0.2, 0) is 14.3 Å². The first-order valence-corrected chi connectivity index (χ1v) is 6.36. The molecule has 5 heteroatoms. The summed E-state index contributed by atoms with van der Waals surface area (Å²) in [6.07, 6.45) is 4.23. The minimum atomic E-state index is -0.542. The molecule has 0 N–H and O–H groups in total. The molecule has 1 aromatic heterocycles. The first kappa shape index (κ1) is 15.9. The maximum atomic E-state index is 11.8. The molecule has 0 aromatic carbocycles. The molecule has 20 heavy (non-hydrogen) atoms. The van der Waals surface area contributed by atoms with Crippen molar-refractivity contribution in [3.63, 3.8) is 0 Å². The number of carbonyl (C=O) groups excluding carboxylic acids is 2. The smallest absolute Gasteiger partial charge is 0.340 e. The molecule has 0 fully saturated rings. The molecule has 1 rings (SSSR count). The van der Waals surface area contributed by atoms with E-state index in [9.17, 15) is 9.59 Å². The van der Waals surface area contributed by atoms with E-state index < -0.39 is 17.5 Å². The van der Waals surface area contributed by atoms with E-state index in [1.807, 2.05) is 0 Å². The van der Waals surface area contributed by atoms with Crippen molar-refractivity contribution in [3.05, 3.63) is 35.7 Å². The van der Waals surface area contributed by atoms with Crippen molar-refractivity contribution < 1.29 is 19.1 Å². The zero-order valence-corrected chi connectivity index (χ0v) is 12.2. The van der Waals surface area contributed by atoms with E-state index in [1.165, 1.54) is 18.3 Å². The van der Waals surface area contributed by atoms with Crippen LogP contribution in [0.2, 0.25) is 0 Å². The van der Waals surface area contributed by atoms with Crippen LogP contribution in [0.4, 0.5) is 0 Å². The van der Waals surface area contributed by atoms with E-state index in [-0.39, 0.29) is 0 Å². The summed E-state index contributed by atoms with van der Waals surface area (Å²) in [5.74, 6) is -0.851. The summed E-state index contributed by atoms with van der Waals surface area (Å²) < 4.78 is 9.98. The lowest BCUT2D eigenvalue weighted by Gasteiger charge is -2.19. The number of ether oxygens (including phenoxy) is 2. The van der Waals surface area contributed by atoms with Gasteiger partial charge in [0.05, 0.1) is 17.9 Å². The van der Waals surface area contributed by atoms with Crippen molar-refractivity contribution in [1.29, 1.82) is 0 Å². The highest BCUT2D eigenvalue weighted by atomic mass is 16.6. The molecule has 0 atom stereocenters. The van der Waals surface area contributed by atoms with Crippen molar-refractivity contribution >= 4 is 18.0 Å². The lowest BCUT2D eigenvalue weighted by molar-refractivity contribution is -0.137. The Balaban J connectivity index is 2.69. The lowest BCUT2D eigenvalue weighted by Crippen LogP contribution is -2.23. The summed E-state index contributed by atoms with van der Waals surface area (Å²) in [4.78, 5) is 27.0. The third-order valence-electron chi connectivity index (χ3n) is 2.10. The number of nitrogens with zero attached hydrogens (tertiary/aromatic N) is 1. The predicted molar refractivity (Wildman–Crippen MR) is 75.1 cm³/mol. The number of aromatic nitrogens is 1. The van der Waals surface area contributed by atoms with Crippen molar-refractivity contribution in [3.8, 4) is 0 Å². The topological polar surface area (TPSA) is 65.5 Å². The van der Waals surface area contributed by atoms with Gasteiger partial charge in [-0.3, -0.25) is 4.98 Å². The van der Waals surface area contributed by atoms with E-state index in [0.29, 0.717) is 17.9 Å². The Morgan fingerprint density at radius 2 is 2.00 bits per heavy atom. The number of hydrogen-bond acceptors (Lipinski definition) is 5. The van der Waals surface area contributed by atoms with Gasteiger partial charge in [-0.15, -0.1) is 0 Å². The first-order chi connectivity index (χ1) is 9.31. The second kappa shape index (κ2) is 6.84. The molecule has 0 unspecified atom stereocenters. The predicted octanol–water partition coefficient (Wildman–Crippen LogP) is 2.61. The Labute approximate surface area is 118 Å². The molecule has 1 heterocycles. The minimum Gasteiger partial charge on any atom is -0.463 e. The molecular formula is C15H19NO4. The third-order valence-corrected chi connectivity index (χ3v) is 2.10. The summed E-state index contributed by atoms with van der Waals surface area (Å²) in [5.41, 5.74) is 0.387. The Bertz CT molecular complexity index is 498. The summed E-state index contributed by atoms with van der Waals surface area (Å²) >= 11 is 0. The van der Waals surface area contributed by atoms with Crippen molar-refractivity contribution in [2.24, 2.45) is 0 Å². The average Bonchev–Trinajstić information content (AvgIpc) is 2.35.